The van der Waals surface area contributed by atoms with Gasteiger partial charge in [0.25, 0.3) is 0 Å². The molecule has 19 heavy (non-hydrogen) atoms. The van der Waals surface area contributed by atoms with Crippen molar-refractivity contribution in [2.24, 2.45) is 0 Å². The topological polar surface area (TPSA) is 67.3 Å². The van der Waals surface area contributed by atoms with Crippen LogP contribution in [-0.2, 0) is 6.42 Å². The number of benzene rings is 1. The van der Waals surface area contributed by atoms with Gasteiger partial charge in [0, 0.05) is 24.4 Å². The molecule has 0 bridgehead atoms. The molecular formula is C14H17N3O2. The molecule has 0 amide bonds. The van der Waals surface area contributed by atoms with Crippen LogP contribution in [0.25, 0.3) is 11.4 Å². The number of aromatic nitrogens is 2. The van der Waals surface area contributed by atoms with Gasteiger partial charge in [0.2, 0.25) is 0 Å². The van der Waals surface area contributed by atoms with Gasteiger partial charge < -0.3 is 15.2 Å². The summed E-state index contributed by atoms with van der Waals surface area (Å²) in [5.74, 6) is 1.86. The van der Waals surface area contributed by atoms with Crippen molar-refractivity contribution in [2.75, 3.05) is 19.5 Å². The maximum atomic E-state index is 9.81. The SMILES string of the molecule is CCc1cc(NC)nc(-c2ccc(OC)c(O)c2)n1. The Hall–Kier alpha value is -2.30. The number of methoxy groups -OCH3 is 1. The van der Waals surface area contributed by atoms with E-state index in [0.29, 0.717) is 11.6 Å². The number of hydrogen-bond acceptors (Lipinski definition) is 5. The largest absolute Gasteiger partial charge is 0.504 e. The minimum Gasteiger partial charge on any atom is -0.504 e. The van der Waals surface area contributed by atoms with E-state index in [9.17, 15) is 5.11 Å². The smallest absolute Gasteiger partial charge is 0.161 e. The van der Waals surface area contributed by atoms with E-state index in [4.69, 9.17) is 4.74 Å². The molecule has 100 valence electrons. The summed E-state index contributed by atoms with van der Waals surface area (Å²) >= 11 is 0. The highest BCUT2D eigenvalue weighted by Gasteiger charge is 2.09. The number of anilines is 1. The van der Waals surface area contributed by atoms with E-state index in [1.54, 1.807) is 12.1 Å². The molecule has 1 heterocycles. The lowest BCUT2D eigenvalue weighted by Gasteiger charge is -2.08. The molecule has 0 fully saturated rings. The van der Waals surface area contributed by atoms with Gasteiger partial charge in [-0.15, -0.1) is 0 Å². The van der Waals surface area contributed by atoms with Gasteiger partial charge in [0.05, 0.1) is 7.11 Å². The summed E-state index contributed by atoms with van der Waals surface area (Å²) in [6.07, 6.45) is 0.826. The Morgan fingerprint density at radius 2 is 2.05 bits per heavy atom. The molecule has 2 rings (SSSR count). The predicted molar refractivity (Wildman–Crippen MR) is 74.6 cm³/mol. The van der Waals surface area contributed by atoms with E-state index in [1.807, 2.05) is 26.1 Å². The highest BCUT2D eigenvalue weighted by Crippen LogP contribution is 2.30. The zero-order valence-electron chi connectivity index (χ0n) is 11.3. The highest BCUT2D eigenvalue weighted by atomic mass is 16.5. The lowest BCUT2D eigenvalue weighted by Crippen LogP contribution is -2.00. The first-order valence-electron chi connectivity index (χ1n) is 6.11. The number of nitrogens with one attached hydrogen (secondary N) is 1. The van der Waals surface area contributed by atoms with Crippen molar-refractivity contribution in [3.05, 3.63) is 30.0 Å². The number of ether oxygens (including phenoxy) is 1. The van der Waals surface area contributed by atoms with Crippen molar-refractivity contribution >= 4 is 5.82 Å². The second kappa shape index (κ2) is 5.56. The van der Waals surface area contributed by atoms with Gasteiger partial charge in [-0.1, -0.05) is 6.92 Å². The lowest BCUT2D eigenvalue weighted by atomic mass is 10.2. The van der Waals surface area contributed by atoms with Crippen LogP contribution in [0.5, 0.6) is 11.5 Å². The van der Waals surface area contributed by atoms with Gasteiger partial charge in [-0.25, -0.2) is 9.97 Å². The highest BCUT2D eigenvalue weighted by molar-refractivity contribution is 5.62. The van der Waals surface area contributed by atoms with E-state index < -0.39 is 0 Å². The molecule has 1 aromatic carbocycles. The van der Waals surface area contributed by atoms with E-state index in [1.165, 1.54) is 7.11 Å². The molecular weight excluding hydrogens is 242 g/mol. The van der Waals surface area contributed by atoms with Gasteiger partial charge in [-0.05, 0) is 24.6 Å². The van der Waals surface area contributed by atoms with Crippen LogP contribution < -0.4 is 10.1 Å². The molecule has 0 aliphatic carbocycles. The Labute approximate surface area is 112 Å². The Balaban J connectivity index is 2.48. The van der Waals surface area contributed by atoms with Crippen LogP contribution in [0.1, 0.15) is 12.6 Å². The fourth-order valence-electron chi connectivity index (χ4n) is 1.76. The van der Waals surface area contributed by atoms with Crippen LogP contribution in [0.15, 0.2) is 24.3 Å². The van der Waals surface area contributed by atoms with Gasteiger partial charge >= 0.3 is 0 Å². The molecule has 2 aromatic rings. The Kier molecular flexibility index (Phi) is 3.85. The summed E-state index contributed by atoms with van der Waals surface area (Å²) in [5.41, 5.74) is 1.70. The predicted octanol–water partition coefficient (Wildman–Crippen LogP) is 2.46. The Morgan fingerprint density at radius 3 is 2.63 bits per heavy atom. The van der Waals surface area contributed by atoms with Gasteiger partial charge in [0.15, 0.2) is 17.3 Å². The lowest BCUT2D eigenvalue weighted by molar-refractivity contribution is 0.373. The Bertz CT molecular complexity index is 563. The average Bonchev–Trinajstić information content (AvgIpc) is 2.46. The number of rotatable bonds is 4. The van der Waals surface area contributed by atoms with Gasteiger partial charge in [-0.3, -0.25) is 0 Å². The maximum absolute atomic E-state index is 9.81. The third kappa shape index (κ3) is 2.76. The molecule has 5 nitrogen and oxygen atoms in total. The number of hydrogen-bond donors (Lipinski definition) is 2. The first kappa shape index (κ1) is 13.1. The molecule has 0 saturated heterocycles. The molecule has 5 heteroatoms. The second-order valence-corrected chi connectivity index (χ2v) is 4.06. The first-order chi connectivity index (χ1) is 9.17. The van der Waals surface area contributed by atoms with E-state index >= 15 is 0 Å². The van der Waals surface area contributed by atoms with Crippen molar-refractivity contribution in [3.8, 4) is 22.9 Å². The molecule has 1 aromatic heterocycles. The molecule has 0 aliphatic heterocycles. The monoisotopic (exact) mass is 259 g/mol. The fourth-order valence-corrected chi connectivity index (χ4v) is 1.76. The van der Waals surface area contributed by atoms with E-state index in [0.717, 1.165) is 23.5 Å². The maximum Gasteiger partial charge on any atom is 0.161 e. The van der Waals surface area contributed by atoms with Crippen LogP contribution in [0.4, 0.5) is 5.82 Å². The fraction of sp³-hybridized carbons (Fsp3) is 0.286. The quantitative estimate of drug-likeness (QED) is 0.882. The van der Waals surface area contributed by atoms with Crippen molar-refractivity contribution in [1.29, 1.82) is 0 Å². The van der Waals surface area contributed by atoms with Crippen LogP contribution in [0.3, 0.4) is 0 Å². The standard InChI is InChI=1S/C14H17N3O2/c1-4-10-8-13(15-2)17-14(16-10)9-5-6-12(19-3)11(18)7-9/h5-8,18H,4H2,1-3H3,(H,15,16,17). The summed E-state index contributed by atoms with van der Waals surface area (Å²) in [7, 11) is 3.33. The molecule has 0 spiro atoms. The van der Waals surface area contributed by atoms with Crippen LogP contribution in [0, 0.1) is 0 Å². The van der Waals surface area contributed by atoms with Gasteiger partial charge in [-0.2, -0.15) is 0 Å². The average molecular weight is 259 g/mol. The molecule has 0 unspecified atom stereocenters. The molecule has 0 saturated carbocycles. The molecule has 2 N–H and O–H groups in total. The number of aryl methyl sites for hydroxylation is 1. The summed E-state index contributed by atoms with van der Waals surface area (Å²) < 4.78 is 5.02. The number of aromatic hydroxyl groups is 1. The van der Waals surface area contributed by atoms with Crippen molar-refractivity contribution in [1.82, 2.24) is 9.97 Å². The Morgan fingerprint density at radius 1 is 1.26 bits per heavy atom. The summed E-state index contributed by atoms with van der Waals surface area (Å²) in [6.45, 7) is 2.04. The second-order valence-electron chi connectivity index (χ2n) is 4.06. The third-order valence-electron chi connectivity index (χ3n) is 2.83. The zero-order chi connectivity index (χ0) is 13.8. The normalized spacial score (nSPS) is 10.3. The van der Waals surface area contributed by atoms with E-state index in [2.05, 4.69) is 15.3 Å². The third-order valence-corrected chi connectivity index (χ3v) is 2.83. The van der Waals surface area contributed by atoms with E-state index in [-0.39, 0.29) is 5.75 Å². The molecule has 0 atom stereocenters. The van der Waals surface area contributed by atoms with Crippen LogP contribution in [-0.4, -0.2) is 29.2 Å². The number of nitrogens with zero attached hydrogens (tertiary/aromatic N) is 2. The number of phenols is 1. The minimum absolute atomic E-state index is 0.0801. The van der Waals surface area contributed by atoms with Crippen LogP contribution in [0.2, 0.25) is 0 Å². The molecule has 0 radical (unpaired) electrons. The summed E-state index contributed by atoms with van der Waals surface area (Å²) in [6, 6.07) is 7.04. The molecule has 0 aliphatic rings. The van der Waals surface area contributed by atoms with Crippen LogP contribution >= 0.6 is 0 Å². The minimum atomic E-state index is 0.0801. The van der Waals surface area contributed by atoms with Gasteiger partial charge in [0.1, 0.15) is 5.82 Å². The number of phenolic OH excluding ortho intramolecular Hbond substituents is 1. The van der Waals surface area contributed by atoms with Crippen molar-refractivity contribution < 1.29 is 9.84 Å². The summed E-state index contributed by atoms with van der Waals surface area (Å²) in [4.78, 5) is 8.86. The first-order valence-corrected chi connectivity index (χ1v) is 6.11. The zero-order valence-corrected chi connectivity index (χ0v) is 11.3. The van der Waals surface area contributed by atoms with Crippen molar-refractivity contribution in [3.63, 3.8) is 0 Å². The van der Waals surface area contributed by atoms with Crippen molar-refractivity contribution in [2.45, 2.75) is 13.3 Å². The summed E-state index contributed by atoms with van der Waals surface area (Å²) in [5, 5.41) is 12.8.